The van der Waals surface area contributed by atoms with Gasteiger partial charge in [0, 0.05) is 0 Å². The predicted molar refractivity (Wildman–Crippen MR) is 98.0 cm³/mol. The number of halogens is 3. The number of nitrogens with two attached hydrogens (primary N) is 1. The minimum Gasteiger partial charge on any atom is -0.396 e. The van der Waals surface area contributed by atoms with Gasteiger partial charge in [-0.05, 0) is 28.6 Å². The molecular formula is C16H16Cl3N4O+. The number of carbonyl (C=O) groups is 1. The van der Waals surface area contributed by atoms with E-state index >= 15 is 0 Å². The van der Waals surface area contributed by atoms with Gasteiger partial charge in [-0.1, -0.05) is 61.3 Å². The Bertz CT molecular complexity index is 789. The smallest absolute Gasteiger partial charge is 0.337 e. The van der Waals surface area contributed by atoms with E-state index in [2.05, 4.69) is 29.4 Å². The van der Waals surface area contributed by atoms with E-state index < -0.39 is 5.91 Å². The van der Waals surface area contributed by atoms with Crippen molar-refractivity contribution in [3.8, 4) is 0 Å². The number of nitrogens with one attached hydrogen (secondary N) is 2. The van der Waals surface area contributed by atoms with Crippen LogP contribution in [0.5, 0.6) is 0 Å². The fraction of sp³-hybridized carbons (Fsp3) is 0.188. The lowest BCUT2D eigenvalue weighted by atomic mass is 10.0. The van der Waals surface area contributed by atoms with Crippen molar-refractivity contribution in [1.82, 2.24) is 5.43 Å². The number of hydrogen-bond acceptors (Lipinski definition) is 3. The number of carbonyl (C=O) groups excluding carboxylic acids is 1. The van der Waals surface area contributed by atoms with Crippen LogP contribution in [0.2, 0.25) is 15.2 Å². The van der Waals surface area contributed by atoms with Gasteiger partial charge in [0.05, 0.1) is 11.9 Å². The number of aromatic amines is 1. The van der Waals surface area contributed by atoms with E-state index in [1.54, 1.807) is 0 Å². The molecule has 0 radical (unpaired) electrons. The van der Waals surface area contributed by atoms with Crippen LogP contribution in [0.4, 0.5) is 5.69 Å². The second kappa shape index (κ2) is 7.83. The predicted octanol–water partition coefficient (Wildman–Crippen LogP) is 3.93. The summed E-state index contributed by atoms with van der Waals surface area (Å²) in [6.45, 7) is 4.24. The van der Waals surface area contributed by atoms with Crippen molar-refractivity contribution in [3.05, 3.63) is 56.3 Å². The molecule has 2 aromatic rings. The zero-order valence-electron chi connectivity index (χ0n) is 13.0. The molecule has 126 valence electrons. The van der Waals surface area contributed by atoms with E-state index in [0.717, 1.165) is 5.56 Å². The molecule has 0 aliphatic rings. The van der Waals surface area contributed by atoms with Gasteiger partial charge in [-0.2, -0.15) is 10.1 Å². The molecule has 0 saturated carbocycles. The number of amides is 1. The van der Waals surface area contributed by atoms with Crippen LogP contribution in [0.25, 0.3) is 0 Å². The van der Waals surface area contributed by atoms with E-state index in [9.17, 15) is 4.79 Å². The van der Waals surface area contributed by atoms with E-state index in [1.165, 1.54) is 11.8 Å². The van der Waals surface area contributed by atoms with Gasteiger partial charge in [0.15, 0.2) is 0 Å². The minimum absolute atomic E-state index is 0.0154. The Morgan fingerprint density at radius 2 is 1.83 bits per heavy atom. The Labute approximate surface area is 154 Å². The Morgan fingerprint density at radius 1 is 1.21 bits per heavy atom. The number of anilines is 1. The fourth-order valence-corrected chi connectivity index (χ4v) is 2.53. The molecule has 1 aromatic heterocycles. The van der Waals surface area contributed by atoms with Gasteiger partial charge < -0.3 is 5.73 Å². The number of H-pyrrole nitrogens is 1. The SMILES string of the molecule is CC(C)c1ccc(/C=N/NC(=O)c2[nH+]c(Cl)c(Cl)c(N)c2Cl)cc1. The molecule has 24 heavy (non-hydrogen) atoms. The first-order valence-corrected chi connectivity index (χ1v) is 8.23. The summed E-state index contributed by atoms with van der Waals surface area (Å²) in [5.74, 6) is -0.131. The largest absolute Gasteiger partial charge is 0.396 e. The van der Waals surface area contributed by atoms with Crippen molar-refractivity contribution < 1.29 is 9.78 Å². The van der Waals surface area contributed by atoms with Crippen molar-refractivity contribution in [2.75, 3.05) is 5.73 Å². The van der Waals surface area contributed by atoms with Gasteiger partial charge in [0.1, 0.15) is 10.0 Å². The maximum atomic E-state index is 12.1. The van der Waals surface area contributed by atoms with Crippen LogP contribution in [0.1, 0.15) is 41.4 Å². The lowest BCUT2D eigenvalue weighted by Gasteiger charge is -2.04. The summed E-state index contributed by atoms with van der Waals surface area (Å²) in [6.07, 6.45) is 1.52. The molecule has 0 unspecified atom stereocenters. The van der Waals surface area contributed by atoms with Crippen molar-refractivity contribution in [2.24, 2.45) is 5.10 Å². The molecule has 0 fully saturated rings. The molecule has 1 aromatic carbocycles. The van der Waals surface area contributed by atoms with Crippen LogP contribution in [-0.2, 0) is 0 Å². The van der Waals surface area contributed by atoms with Gasteiger partial charge in [-0.25, -0.2) is 5.43 Å². The minimum atomic E-state index is -0.583. The number of pyridine rings is 1. The Hall–Kier alpha value is -1.82. The molecule has 0 bridgehead atoms. The third-order valence-corrected chi connectivity index (χ3v) is 4.50. The van der Waals surface area contributed by atoms with Crippen molar-refractivity contribution in [1.29, 1.82) is 0 Å². The van der Waals surface area contributed by atoms with Gasteiger partial charge in [0.2, 0.25) is 0 Å². The van der Waals surface area contributed by atoms with Crippen LogP contribution >= 0.6 is 34.8 Å². The molecular weight excluding hydrogens is 371 g/mol. The number of rotatable bonds is 4. The standard InChI is InChI=1S/C16H15Cl3N4O/c1-8(2)10-5-3-9(4-6-10)7-21-23-16(24)14-11(17)13(20)12(18)15(19)22-14/h3-8H,1-2H3,(H2,20,22)(H,23,24)/p+1/b21-7+. The molecule has 1 heterocycles. The van der Waals surface area contributed by atoms with E-state index in [-0.39, 0.29) is 26.6 Å². The maximum absolute atomic E-state index is 12.1. The molecule has 0 saturated heterocycles. The summed E-state index contributed by atoms with van der Waals surface area (Å²) >= 11 is 17.7. The number of aromatic nitrogens is 1. The van der Waals surface area contributed by atoms with E-state index in [4.69, 9.17) is 40.5 Å². The van der Waals surface area contributed by atoms with Crippen LogP contribution in [0.3, 0.4) is 0 Å². The molecule has 1 amide bonds. The normalized spacial score (nSPS) is 11.2. The van der Waals surface area contributed by atoms with Crippen LogP contribution in [-0.4, -0.2) is 12.1 Å². The van der Waals surface area contributed by atoms with Crippen molar-refractivity contribution in [3.63, 3.8) is 0 Å². The van der Waals surface area contributed by atoms with Crippen LogP contribution in [0.15, 0.2) is 29.4 Å². The monoisotopic (exact) mass is 385 g/mol. The highest BCUT2D eigenvalue weighted by atomic mass is 35.5. The molecule has 0 aliphatic carbocycles. The second-order valence-electron chi connectivity index (χ2n) is 5.38. The third-order valence-electron chi connectivity index (χ3n) is 3.33. The average molecular weight is 387 g/mol. The van der Waals surface area contributed by atoms with Crippen molar-refractivity contribution >= 4 is 52.6 Å². The second-order valence-corrected chi connectivity index (χ2v) is 6.51. The molecule has 5 nitrogen and oxygen atoms in total. The molecule has 0 atom stereocenters. The first-order chi connectivity index (χ1) is 11.3. The summed E-state index contributed by atoms with van der Waals surface area (Å²) in [5.41, 5.74) is 10.1. The maximum Gasteiger partial charge on any atom is 0.337 e. The third kappa shape index (κ3) is 4.17. The Kier molecular flexibility index (Phi) is 6.04. The number of hydrogen-bond donors (Lipinski definition) is 2. The summed E-state index contributed by atoms with van der Waals surface area (Å²) in [7, 11) is 0. The number of benzene rings is 1. The number of hydrazone groups is 1. The zero-order chi connectivity index (χ0) is 17.9. The van der Waals surface area contributed by atoms with Gasteiger partial charge >= 0.3 is 5.91 Å². The number of nitrogens with zero attached hydrogens (tertiary/aromatic N) is 1. The average Bonchev–Trinajstić information content (AvgIpc) is 2.56. The highest BCUT2D eigenvalue weighted by Crippen LogP contribution is 2.31. The summed E-state index contributed by atoms with van der Waals surface area (Å²) in [5, 5.41) is 3.97. The van der Waals surface area contributed by atoms with E-state index in [0.29, 0.717) is 5.92 Å². The summed E-state index contributed by atoms with van der Waals surface area (Å²) in [6, 6.07) is 7.86. The molecule has 0 aliphatic heterocycles. The molecule has 2 rings (SSSR count). The topological polar surface area (TPSA) is 81.6 Å². The van der Waals surface area contributed by atoms with Gasteiger partial charge in [-0.3, -0.25) is 4.79 Å². The zero-order valence-corrected chi connectivity index (χ0v) is 15.3. The number of nitrogen functional groups attached to an aromatic ring is 1. The molecule has 0 spiro atoms. The lowest BCUT2D eigenvalue weighted by Crippen LogP contribution is -2.28. The van der Waals surface area contributed by atoms with Gasteiger partial charge in [-0.15, -0.1) is 0 Å². The van der Waals surface area contributed by atoms with E-state index in [1.807, 2.05) is 24.3 Å². The van der Waals surface area contributed by atoms with Crippen LogP contribution in [0, 0.1) is 0 Å². The highest BCUT2D eigenvalue weighted by Gasteiger charge is 2.25. The summed E-state index contributed by atoms with van der Waals surface area (Å²) < 4.78 is 0. The van der Waals surface area contributed by atoms with Crippen molar-refractivity contribution in [2.45, 2.75) is 19.8 Å². The highest BCUT2D eigenvalue weighted by molar-refractivity contribution is 6.45. The Morgan fingerprint density at radius 3 is 2.42 bits per heavy atom. The van der Waals surface area contributed by atoms with Gasteiger partial charge in [0.25, 0.3) is 10.8 Å². The lowest BCUT2D eigenvalue weighted by molar-refractivity contribution is -0.379. The fourth-order valence-electron chi connectivity index (χ4n) is 1.91. The molecule has 4 N–H and O–H groups in total. The first kappa shape index (κ1) is 18.5. The molecule has 8 heteroatoms. The first-order valence-electron chi connectivity index (χ1n) is 7.09. The van der Waals surface area contributed by atoms with Crippen LogP contribution < -0.4 is 16.1 Å². The Balaban J connectivity index is 2.10. The summed E-state index contributed by atoms with van der Waals surface area (Å²) in [4.78, 5) is 14.7. The quantitative estimate of drug-likeness (QED) is 0.474.